The van der Waals surface area contributed by atoms with Gasteiger partial charge in [-0.25, -0.2) is 0 Å². The molecule has 1 heterocycles. The standard InChI is InChI=1S/C17H26IO5/c1-5-21-13-10-6-9(11-7-22-15(19)12(10)11)14(13)23-16(20)17(2,3)8-18-4/h9-14H,5-8H2,1-4H3/q-1. The molecule has 3 aliphatic rings. The third-order valence-electron chi connectivity index (χ3n) is 5.50. The van der Waals surface area contributed by atoms with Crippen molar-refractivity contribution in [2.75, 3.05) is 22.6 Å². The fourth-order valence-corrected chi connectivity index (χ4v) is 6.73. The van der Waals surface area contributed by atoms with Crippen molar-refractivity contribution in [2.24, 2.45) is 29.1 Å². The van der Waals surface area contributed by atoms with Crippen molar-refractivity contribution >= 4 is 11.9 Å². The Balaban J connectivity index is 1.76. The molecule has 1 aliphatic heterocycles. The van der Waals surface area contributed by atoms with Gasteiger partial charge in [0.25, 0.3) is 0 Å². The molecule has 2 bridgehead atoms. The molecule has 5 nitrogen and oxygen atoms in total. The Bertz CT molecular complexity index is 491. The van der Waals surface area contributed by atoms with Crippen LogP contribution in [0.5, 0.6) is 0 Å². The number of rotatable bonds is 6. The number of carbonyl (C=O) groups is 2. The molecule has 3 fully saturated rings. The van der Waals surface area contributed by atoms with Gasteiger partial charge in [0.05, 0.1) is 0 Å². The summed E-state index contributed by atoms with van der Waals surface area (Å²) in [6, 6.07) is 0. The first kappa shape index (κ1) is 17.5. The van der Waals surface area contributed by atoms with E-state index in [2.05, 4.69) is 4.93 Å². The summed E-state index contributed by atoms with van der Waals surface area (Å²) >= 11 is 0.0278. The molecule has 6 atom stereocenters. The van der Waals surface area contributed by atoms with E-state index in [0.29, 0.717) is 13.2 Å². The molecule has 0 aromatic heterocycles. The molecule has 6 unspecified atom stereocenters. The van der Waals surface area contributed by atoms with Gasteiger partial charge in [0.1, 0.15) is 0 Å². The Morgan fingerprint density at radius 3 is 2.70 bits per heavy atom. The van der Waals surface area contributed by atoms with Crippen LogP contribution in [0.25, 0.3) is 0 Å². The average molecular weight is 437 g/mol. The number of alkyl halides is 2. The normalized spacial score (nSPS) is 38.7. The first-order valence-electron chi connectivity index (χ1n) is 8.33. The predicted octanol–water partition coefficient (Wildman–Crippen LogP) is -1.51. The van der Waals surface area contributed by atoms with Crippen molar-refractivity contribution in [3.63, 3.8) is 0 Å². The number of esters is 2. The van der Waals surface area contributed by atoms with E-state index in [9.17, 15) is 9.59 Å². The van der Waals surface area contributed by atoms with Gasteiger partial charge in [-0.2, -0.15) is 0 Å². The Hall–Kier alpha value is -0.370. The van der Waals surface area contributed by atoms with Crippen molar-refractivity contribution in [1.29, 1.82) is 0 Å². The van der Waals surface area contributed by atoms with E-state index in [-0.39, 0.29) is 69.0 Å². The van der Waals surface area contributed by atoms with E-state index in [1.807, 2.05) is 20.8 Å². The van der Waals surface area contributed by atoms with Crippen molar-refractivity contribution < 1.29 is 45.0 Å². The Morgan fingerprint density at radius 2 is 2.04 bits per heavy atom. The summed E-state index contributed by atoms with van der Waals surface area (Å²) in [5, 5.41) is 0. The summed E-state index contributed by atoms with van der Waals surface area (Å²) in [7, 11) is 0. The zero-order chi connectivity index (χ0) is 16.8. The number of halogens is 1. The topological polar surface area (TPSA) is 61.8 Å². The van der Waals surface area contributed by atoms with E-state index >= 15 is 0 Å². The van der Waals surface area contributed by atoms with Crippen LogP contribution in [0.3, 0.4) is 0 Å². The van der Waals surface area contributed by atoms with Crippen molar-refractivity contribution in [2.45, 2.75) is 39.4 Å². The van der Waals surface area contributed by atoms with E-state index in [1.165, 1.54) is 0 Å². The fourth-order valence-electron chi connectivity index (χ4n) is 4.51. The molecule has 0 N–H and O–H groups in total. The first-order valence-corrected chi connectivity index (χ1v) is 12.0. The fraction of sp³-hybridized carbons (Fsp3) is 0.882. The van der Waals surface area contributed by atoms with Crippen LogP contribution in [0, 0.1) is 29.1 Å². The third-order valence-corrected chi connectivity index (χ3v) is 8.17. The summed E-state index contributed by atoms with van der Waals surface area (Å²) in [5.74, 6) is 0.268. The van der Waals surface area contributed by atoms with Crippen LogP contribution in [-0.2, 0) is 23.8 Å². The number of fused-ring (bicyclic) bond motifs is 5. The molecule has 3 rings (SSSR count). The molecule has 0 aromatic carbocycles. The predicted molar refractivity (Wildman–Crippen MR) is 79.4 cm³/mol. The maximum atomic E-state index is 12.6. The molecule has 0 radical (unpaired) electrons. The van der Waals surface area contributed by atoms with Crippen molar-refractivity contribution in [3.8, 4) is 0 Å². The summed E-state index contributed by atoms with van der Waals surface area (Å²) in [6.45, 7) is 6.92. The Kier molecular flexibility index (Phi) is 4.93. The van der Waals surface area contributed by atoms with Crippen LogP contribution in [0.2, 0.25) is 0 Å². The van der Waals surface area contributed by atoms with E-state index in [0.717, 1.165) is 10.8 Å². The van der Waals surface area contributed by atoms with Gasteiger partial charge in [0, 0.05) is 0 Å². The monoisotopic (exact) mass is 437 g/mol. The van der Waals surface area contributed by atoms with E-state index in [1.54, 1.807) is 0 Å². The molecule has 6 heteroatoms. The average Bonchev–Trinajstić information content (AvgIpc) is 3.13. The molecule has 1 saturated heterocycles. The first-order chi connectivity index (χ1) is 10.9. The zero-order valence-corrected chi connectivity index (χ0v) is 16.4. The summed E-state index contributed by atoms with van der Waals surface area (Å²) < 4.78 is 18.0. The van der Waals surface area contributed by atoms with Gasteiger partial charge in [0.2, 0.25) is 0 Å². The summed E-state index contributed by atoms with van der Waals surface area (Å²) in [6.07, 6.45) is 0.527. The van der Waals surface area contributed by atoms with E-state index < -0.39 is 5.41 Å². The molecular weight excluding hydrogens is 411 g/mol. The molecule has 0 spiro atoms. The van der Waals surface area contributed by atoms with Crippen LogP contribution >= 0.6 is 0 Å². The maximum absolute atomic E-state index is 12.6. The number of cyclic esters (lactones) is 1. The van der Waals surface area contributed by atoms with Crippen LogP contribution in [0.1, 0.15) is 27.2 Å². The van der Waals surface area contributed by atoms with Crippen LogP contribution in [0.15, 0.2) is 0 Å². The van der Waals surface area contributed by atoms with Crippen LogP contribution in [0.4, 0.5) is 0 Å². The number of hydrogen-bond donors (Lipinski definition) is 0. The molecule has 0 aromatic rings. The van der Waals surface area contributed by atoms with Crippen LogP contribution in [-0.4, -0.2) is 46.7 Å². The minimum atomic E-state index is -0.429. The summed E-state index contributed by atoms with van der Waals surface area (Å²) in [5.41, 5.74) is -0.429. The quantitative estimate of drug-likeness (QED) is 0.287. The van der Waals surface area contributed by atoms with Crippen molar-refractivity contribution in [3.05, 3.63) is 0 Å². The second-order valence-corrected chi connectivity index (χ2v) is 9.75. The minimum absolute atomic E-state index is 0.0278. The number of ether oxygens (including phenoxy) is 3. The number of carbonyl (C=O) groups excluding carboxylic acids is 2. The van der Waals surface area contributed by atoms with Crippen molar-refractivity contribution in [1.82, 2.24) is 0 Å². The van der Waals surface area contributed by atoms with Gasteiger partial charge in [-0.15, -0.1) is 0 Å². The molecule has 132 valence electrons. The molecule has 2 saturated carbocycles. The van der Waals surface area contributed by atoms with Gasteiger partial charge in [-0.1, -0.05) is 0 Å². The zero-order valence-electron chi connectivity index (χ0n) is 14.2. The molecule has 0 amide bonds. The van der Waals surface area contributed by atoms with Crippen LogP contribution < -0.4 is 21.2 Å². The van der Waals surface area contributed by atoms with Gasteiger partial charge < -0.3 is 0 Å². The SMILES string of the molecule is CCOC1C2CC(C3COC(=O)C32)C1OC(=O)C(C)(C)C[I-]C. The Morgan fingerprint density at radius 1 is 1.30 bits per heavy atom. The number of hydrogen-bond acceptors (Lipinski definition) is 5. The van der Waals surface area contributed by atoms with Gasteiger partial charge in [-0.3, -0.25) is 0 Å². The third kappa shape index (κ3) is 2.90. The molecule has 2 aliphatic carbocycles. The molecular formula is C17H26IO5-. The Labute approximate surface area is 148 Å². The van der Waals surface area contributed by atoms with E-state index in [4.69, 9.17) is 14.2 Å². The summed E-state index contributed by atoms with van der Waals surface area (Å²) in [4.78, 5) is 26.8. The second-order valence-electron chi connectivity index (χ2n) is 7.46. The molecule has 23 heavy (non-hydrogen) atoms. The van der Waals surface area contributed by atoms with Gasteiger partial charge >= 0.3 is 148 Å². The van der Waals surface area contributed by atoms with Gasteiger partial charge in [0.15, 0.2) is 0 Å². The second kappa shape index (κ2) is 6.50. The van der Waals surface area contributed by atoms with Gasteiger partial charge in [-0.05, 0) is 0 Å².